The highest BCUT2D eigenvalue weighted by Crippen LogP contribution is 2.34. The predicted molar refractivity (Wildman–Crippen MR) is 83.2 cm³/mol. The van der Waals surface area contributed by atoms with Crippen LogP contribution < -0.4 is 0 Å². The number of hydrogen-bond acceptors (Lipinski definition) is 5. The van der Waals surface area contributed by atoms with Gasteiger partial charge in [0, 0.05) is 5.92 Å². The maximum atomic E-state index is 11.5. The average Bonchev–Trinajstić information content (AvgIpc) is 3.06. The first-order valence-corrected chi connectivity index (χ1v) is 7.79. The number of benzene rings is 1. The number of carbonyl (C=O) groups excluding carboxylic acids is 1. The molecule has 1 fully saturated rings. The number of nitriles is 1. The Balaban J connectivity index is 1.98. The summed E-state index contributed by atoms with van der Waals surface area (Å²) in [7, 11) is 1.36. The van der Waals surface area contributed by atoms with E-state index < -0.39 is 0 Å². The fourth-order valence-electron chi connectivity index (χ4n) is 3.16. The smallest absolute Gasteiger partial charge is 0.337 e. The summed E-state index contributed by atoms with van der Waals surface area (Å²) in [4.78, 5) is 11.5. The zero-order chi connectivity index (χ0) is 16.2. The monoisotopic (exact) mass is 310 g/mol. The van der Waals surface area contributed by atoms with E-state index in [4.69, 9.17) is 4.74 Å². The predicted octanol–water partition coefficient (Wildman–Crippen LogP) is 2.97. The minimum atomic E-state index is -0.375. The van der Waals surface area contributed by atoms with Crippen molar-refractivity contribution in [2.45, 2.75) is 38.0 Å². The summed E-state index contributed by atoms with van der Waals surface area (Å²) in [5.74, 6) is -0.0611. The number of carbonyl (C=O) groups is 1. The number of esters is 1. The maximum Gasteiger partial charge on any atom is 0.337 e. The van der Waals surface area contributed by atoms with Crippen molar-refractivity contribution in [3.63, 3.8) is 0 Å². The van der Waals surface area contributed by atoms with Gasteiger partial charge in [0.25, 0.3) is 0 Å². The van der Waals surface area contributed by atoms with Crippen LogP contribution in [0.3, 0.4) is 0 Å². The van der Waals surface area contributed by atoms with E-state index in [9.17, 15) is 10.1 Å². The lowest BCUT2D eigenvalue weighted by atomic mass is 9.86. The van der Waals surface area contributed by atoms with E-state index in [1.165, 1.54) is 26.4 Å². The molecule has 1 heterocycles. The molecule has 0 atom stereocenters. The number of aromatic nitrogens is 3. The number of ether oxygens (including phenoxy) is 1. The van der Waals surface area contributed by atoms with Crippen LogP contribution in [0.25, 0.3) is 5.69 Å². The number of methoxy groups -OCH3 is 1. The van der Waals surface area contributed by atoms with E-state index in [2.05, 4.69) is 16.4 Å². The second-order valence-electron chi connectivity index (χ2n) is 5.72. The molecule has 0 bridgehead atoms. The molecule has 1 aromatic heterocycles. The Morgan fingerprint density at radius 1 is 1.26 bits per heavy atom. The van der Waals surface area contributed by atoms with E-state index in [0.29, 0.717) is 17.2 Å². The topological polar surface area (TPSA) is 80.8 Å². The van der Waals surface area contributed by atoms with Crippen LogP contribution in [0.2, 0.25) is 0 Å². The first kappa shape index (κ1) is 15.2. The quantitative estimate of drug-likeness (QED) is 0.814. The molecule has 0 unspecified atom stereocenters. The minimum absolute atomic E-state index is 0.314. The van der Waals surface area contributed by atoms with Crippen LogP contribution in [0.15, 0.2) is 24.3 Å². The summed E-state index contributed by atoms with van der Waals surface area (Å²) in [5, 5.41) is 17.5. The Bertz CT molecular complexity index is 737. The first-order valence-electron chi connectivity index (χ1n) is 7.79. The van der Waals surface area contributed by atoms with Crippen LogP contribution in [0, 0.1) is 11.3 Å². The highest BCUT2D eigenvalue weighted by atomic mass is 16.5. The fourth-order valence-corrected chi connectivity index (χ4v) is 3.16. The lowest BCUT2D eigenvalue weighted by Gasteiger charge is -2.22. The Labute approximate surface area is 134 Å². The lowest BCUT2D eigenvalue weighted by molar-refractivity contribution is 0.0600. The van der Waals surface area contributed by atoms with Crippen molar-refractivity contribution in [1.29, 1.82) is 5.26 Å². The normalized spacial score (nSPS) is 15.1. The molecule has 6 heteroatoms. The van der Waals surface area contributed by atoms with Gasteiger partial charge in [0.1, 0.15) is 6.07 Å². The molecule has 0 amide bonds. The van der Waals surface area contributed by atoms with E-state index in [1.807, 2.05) is 0 Å². The van der Waals surface area contributed by atoms with Gasteiger partial charge >= 0.3 is 5.97 Å². The second kappa shape index (κ2) is 6.61. The van der Waals surface area contributed by atoms with Crippen molar-refractivity contribution in [3.05, 3.63) is 41.2 Å². The Kier molecular flexibility index (Phi) is 4.38. The van der Waals surface area contributed by atoms with E-state index in [0.717, 1.165) is 24.2 Å². The standard InChI is InChI=1S/C17H18N4O2/c1-23-17(22)13-7-9-14(10-8-13)21-16(15(11-18)19-20-21)12-5-3-2-4-6-12/h7-10,12H,2-6H2,1H3. The molecule has 1 aromatic carbocycles. The third-order valence-corrected chi connectivity index (χ3v) is 4.34. The van der Waals surface area contributed by atoms with Gasteiger partial charge in [-0.25, -0.2) is 9.48 Å². The molecule has 6 nitrogen and oxygen atoms in total. The molecule has 2 aromatic rings. The van der Waals surface area contributed by atoms with Crippen LogP contribution in [0.1, 0.15) is 59.8 Å². The molecular formula is C17H18N4O2. The van der Waals surface area contributed by atoms with Gasteiger partial charge in [-0.05, 0) is 37.1 Å². The van der Waals surface area contributed by atoms with Gasteiger partial charge in [-0.2, -0.15) is 5.26 Å². The largest absolute Gasteiger partial charge is 0.465 e. The number of rotatable bonds is 3. The van der Waals surface area contributed by atoms with Crippen LogP contribution in [0.4, 0.5) is 0 Å². The highest BCUT2D eigenvalue weighted by molar-refractivity contribution is 5.89. The van der Waals surface area contributed by atoms with Crippen molar-refractivity contribution in [2.75, 3.05) is 7.11 Å². The Morgan fingerprint density at radius 2 is 1.96 bits per heavy atom. The molecule has 0 N–H and O–H groups in total. The van der Waals surface area contributed by atoms with Crippen LogP contribution in [-0.2, 0) is 4.74 Å². The van der Waals surface area contributed by atoms with Gasteiger partial charge in [0.15, 0.2) is 5.69 Å². The first-order chi connectivity index (χ1) is 11.2. The highest BCUT2D eigenvalue weighted by Gasteiger charge is 2.25. The van der Waals surface area contributed by atoms with Crippen molar-refractivity contribution in [3.8, 4) is 11.8 Å². The minimum Gasteiger partial charge on any atom is -0.465 e. The molecule has 0 radical (unpaired) electrons. The molecule has 0 aliphatic heterocycles. The summed E-state index contributed by atoms with van der Waals surface area (Å²) >= 11 is 0. The molecule has 3 rings (SSSR count). The van der Waals surface area contributed by atoms with Gasteiger partial charge in [-0.1, -0.05) is 24.5 Å². The van der Waals surface area contributed by atoms with E-state index >= 15 is 0 Å². The Hall–Kier alpha value is -2.68. The van der Waals surface area contributed by atoms with Crippen molar-refractivity contribution < 1.29 is 9.53 Å². The maximum absolute atomic E-state index is 11.5. The van der Waals surface area contributed by atoms with Crippen LogP contribution in [-0.4, -0.2) is 28.1 Å². The summed E-state index contributed by atoms with van der Waals surface area (Å²) < 4.78 is 6.44. The van der Waals surface area contributed by atoms with E-state index in [-0.39, 0.29) is 5.97 Å². The van der Waals surface area contributed by atoms with Gasteiger partial charge in [0.2, 0.25) is 0 Å². The summed E-state index contributed by atoms with van der Waals surface area (Å²) in [5.41, 5.74) is 2.57. The zero-order valence-corrected chi connectivity index (χ0v) is 13.0. The molecule has 118 valence electrons. The molecule has 1 saturated carbocycles. The number of hydrogen-bond donors (Lipinski definition) is 0. The molecule has 1 aliphatic rings. The molecule has 0 saturated heterocycles. The third-order valence-electron chi connectivity index (χ3n) is 4.34. The second-order valence-corrected chi connectivity index (χ2v) is 5.72. The fraction of sp³-hybridized carbons (Fsp3) is 0.412. The van der Waals surface area contributed by atoms with E-state index in [1.54, 1.807) is 28.9 Å². The molecule has 1 aliphatic carbocycles. The SMILES string of the molecule is COC(=O)c1ccc(-n2nnc(C#N)c2C2CCCCC2)cc1. The zero-order valence-electron chi connectivity index (χ0n) is 13.0. The van der Waals surface area contributed by atoms with Gasteiger partial charge in [0.05, 0.1) is 24.1 Å². The van der Waals surface area contributed by atoms with Crippen molar-refractivity contribution in [1.82, 2.24) is 15.0 Å². The summed E-state index contributed by atoms with van der Waals surface area (Å²) in [6.07, 6.45) is 5.70. The molecule has 0 spiro atoms. The Morgan fingerprint density at radius 3 is 2.57 bits per heavy atom. The average molecular weight is 310 g/mol. The lowest BCUT2D eigenvalue weighted by Crippen LogP contribution is -2.12. The summed E-state index contributed by atoms with van der Waals surface area (Å²) in [6, 6.07) is 9.14. The summed E-state index contributed by atoms with van der Waals surface area (Å²) in [6.45, 7) is 0. The van der Waals surface area contributed by atoms with Crippen molar-refractivity contribution in [2.24, 2.45) is 0 Å². The third kappa shape index (κ3) is 2.95. The van der Waals surface area contributed by atoms with Gasteiger partial charge < -0.3 is 4.74 Å². The van der Waals surface area contributed by atoms with Crippen LogP contribution in [0.5, 0.6) is 0 Å². The van der Waals surface area contributed by atoms with Gasteiger partial charge in [-0.15, -0.1) is 5.10 Å². The van der Waals surface area contributed by atoms with Crippen LogP contribution >= 0.6 is 0 Å². The number of nitrogens with zero attached hydrogens (tertiary/aromatic N) is 4. The van der Waals surface area contributed by atoms with Crippen molar-refractivity contribution >= 4 is 5.97 Å². The molecular weight excluding hydrogens is 292 g/mol. The van der Waals surface area contributed by atoms with Gasteiger partial charge in [-0.3, -0.25) is 0 Å². The molecule has 23 heavy (non-hydrogen) atoms.